The number of nitrogens with two attached hydrogens (primary N) is 1. The predicted octanol–water partition coefficient (Wildman–Crippen LogP) is -0.0691. The van der Waals surface area contributed by atoms with Gasteiger partial charge in [-0.2, -0.15) is 4.31 Å². The van der Waals surface area contributed by atoms with E-state index in [1.807, 2.05) is 0 Å². The molecule has 1 aromatic rings. The van der Waals surface area contributed by atoms with Crippen LogP contribution in [0.2, 0.25) is 0 Å². The number of aliphatic hydroxyl groups excluding tert-OH is 1. The van der Waals surface area contributed by atoms with Crippen LogP contribution in [-0.2, 0) is 10.0 Å². The van der Waals surface area contributed by atoms with E-state index >= 15 is 0 Å². The summed E-state index contributed by atoms with van der Waals surface area (Å²) in [5, 5.41) is 8.97. The minimum atomic E-state index is -3.62. The van der Waals surface area contributed by atoms with Gasteiger partial charge in [0.05, 0.1) is 11.5 Å². The lowest BCUT2D eigenvalue weighted by molar-refractivity contribution is 0.1000. The van der Waals surface area contributed by atoms with Gasteiger partial charge in [0.15, 0.2) is 0 Å². The highest BCUT2D eigenvalue weighted by molar-refractivity contribution is 7.89. The number of hydrogen-bond acceptors (Lipinski definition) is 4. The standard InChI is InChI=1S/C12H16N2O4S/c13-12(16)9-1-5-11(6-2-9)19(17,18)14(7-8-15)10-3-4-10/h1-2,5-6,10,15H,3-4,7-8H2,(H2,13,16). The molecule has 1 aliphatic carbocycles. The Morgan fingerprint density at radius 3 is 2.32 bits per heavy atom. The number of sulfonamides is 1. The molecule has 6 nitrogen and oxygen atoms in total. The van der Waals surface area contributed by atoms with Gasteiger partial charge in [-0.05, 0) is 37.1 Å². The quantitative estimate of drug-likeness (QED) is 0.763. The molecule has 0 saturated heterocycles. The third kappa shape index (κ3) is 2.94. The van der Waals surface area contributed by atoms with Crippen LogP contribution < -0.4 is 5.73 Å². The first-order valence-corrected chi connectivity index (χ1v) is 7.43. The number of carbonyl (C=O) groups excluding carboxylic acids is 1. The summed E-state index contributed by atoms with van der Waals surface area (Å²) in [4.78, 5) is 11.1. The van der Waals surface area contributed by atoms with Crippen molar-refractivity contribution >= 4 is 15.9 Å². The van der Waals surface area contributed by atoms with Crippen LogP contribution >= 0.6 is 0 Å². The van der Waals surface area contributed by atoms with Gasteiger partial charge < -0.3 is 10.8 Å². The molecule has 0 aromatic heterocycles. The van der Waals surface area contributed by atoms with Crippen LogP contribution in [0.25, 0.3) is 0 Å². The van der Waals surface area contributed by atoms with Crippen LogP contribution in [0.4, 0.5) is 0 Å². The molecule has 1 fully saturated rings. The minimum Gasteiger partial charge on any atom is -0.395 e. The molecule has 1 aromatic carbocycles. The van der Waals surface area contributed by atoms with E-state index in [2.05, 4.69) is 0 Å². The Morgan fingerprint density at radius 1 is 1.32 bits per heavy atom. The number of primary amides is 1. The number of hydrogen-bond donors (Lipinski definition) is 2. The number of nitrogens with zero attached hydrogens (tertiary/aromatic N) is 1. The number of aliphatic hydroxyl groups is 1. The maximum Gasteiger partial charge on any atom is 0.248 e. The summed E-state index contributed by atoms with van der Waals surface area (Å²) < 4.78 is 26.1. The molecule has 1 saturated carbocycles. The summed E-state index contributed by atoms with van der Waals surface area (Å²) in [6, 6.07) is 5.48. The number of amides is 1. The third-order valence-corrected chi connectivity index (χ3v) is 4.99. The highest BCUT2D eigenvalue weighted by atomic mass is 32.2. The topological polar surface area (TPSA) is 101 Å². The van der Waals surface area contributed by atoms with Gasteiger partial charge in [-0.3, -0.25) is 4.79 Å². The van der Waals surface area contributed by atoms with Gasteiger partial charge in [0.1, 0.15) is 0 Å². The molecule has 1 aliphatic rings. The normalized spacial score (nSPS) is 15.7. The first kappa shape index (κ1) is 14.0. The molecule has 0 unspecified atom stereocenters. The molecule has 0 aliphatic heterocycles. The molecule has 19 heavy (non-hydrogen) atoms. The maximum absolute atomic E-state index is 12.4. The van der Waals surface area contributed by atoms with E-state index in [0.29, 0.717) is 0 Å². The molecule has 7 heteroatoms. The molecule has 0 spiro atoms. The maximum atomic E-state index is 12.4. The molecule has 3 N–H and O–H groups in total. The minimum absolute atomic E-state index is 0.0204. The zero-order valence-corrected chi connectivity index (χ0v) is 11.1. The Bertz CT molecular complexity index is 564. The summed E-state index contributed by atoms with van der Waals surface area (Å²) in [7, 11) is -3.62. The van der Waals surface area contributed by atoms with Crippen LogP contribution in [0, 0.1) is 0 Å². The van der Waals surface area contributed by atoms with Crippen molar-refractivity contribution in [3.63, 3.8) is 0 Å². The lowest BCUT2D eigenvalue weighted by Crippen LogP contribution is -2.35. The first-order chi connectivity index (χ1) is 8.96. The molecule has 0 bridgehead atoms. The van der Waals surface area contributed by atoms with Crippen LogP contribution in [0.15, 0.2) is 29.2 Å². The van der Waals surface area contributed by atoms with Gasteiger partial charge in [0.25, 0.3) is 0 Å². The molecule has 0 heterocycles. The van der Waals surface area contributed by atoms with Crippen molar-refractivity contribution in [1.82, 2.24) is 4.31 Å². The third-order valence-electron chi connectivity index (χ3n) is 3.02. The molecular weight excluding hydrogens is 268 g/mol. The van der Waals surface area contributed by atoms with E-state index < -0.39 is 15.9 Å². The fourth-order valence-corrected chi connectivity index (χ4v) is 3.56. The van der Waals surface area contributed by atoms with Crippen LogP contribution in [0.3, 0.4) is 0 Å². The van der Waals surface area contributed by atoms with Crippen molar-refractivity contribution in [2.24, 2.45) is 5.73 Å². The van der Waals surface area contributed by atoms with Gasteiger partial charge in [0, 0.05) is 18.2 Å². The Hall–Kier alpha value is -1.44. The van der Waals surface area contributed by atoms with E-state index in [4.69, 9.17) is 10.8 Å². The Kier molecular flexibility index (Phi) is 3.88. The largest absolute Gasteiger partial charge is 0.395 e. The van der Waals surface area contributed by atoms with E-state index in [1.54, 1.807) is 0 Å². The second-order valence-electron chi connectivity index (χ2n) is 4.46. The van der Waals surface area contributed by atoms with E-state index in [0.717, 1.165) is 12.8 Å². The summed E-state index contributed by atoms with van der Waals surface area (Å²) in [5.41, 5.74) is 5.37. The second kappa shape index (κ2) is 5.28. The SMILES string of the molecule is NC(=O)c1ccc(S(=O)(=O)N(CCO)C2CC2)cc1. The monoisotopic (exact) mass is 284 g/mol. The lowest BCUT2D eigenvalue weighted by Gasteiger charge is -2.20. The fourth-order valence-electron chi connectivity index (χ4n) is 1.89. The van der Waals surface area contributed by atoms with Crippen LogP contribution in [-0.4, -0.2) is 42.9 Å². The van der Waals surface area contributed by atoms with Crippen molar-refractivity contribution in [2.75, 3.05) is 13.2 Å². The predicted molar refractivity (Wildman–Crippen MR) is 69.0 cm³/mol. The number of rotatable bonds is 6. The molecule has 0 atom stereocenters. The average molecular weight is 284 g/mol. The zero-order valence-electron chi connectivity index (χ0n) is 10.3. The molecule has 104 valence electrons. The summed E-state index contributed by atoms with van der Waals surface area (Å²) >= 11 is 0. The summed E-state index contributed by atoms with van der Waals surface area (Å²) in [5.74, 6) is -0.599. The van der Waals surface area contributed by atoms with E-state index in [-0.39, 0.29) is 29.7 Å². The van der Waals surface area contributed by atoms with Crippen molar-refractivity contribution in [3.8, 4) is 0 Å². The van der Waals surface area contributed by atoms with Crippen LogP contribution in [0.5, 0.6) is 0 Å². The van der Waals surface area contributed by atoms with Crippen LogP contribution in [0.1, 0.15) is 23.2 Å². The number of carbonyl (C=O) groups is 1. The first-order valence-electron chi connectivity index (χ1n) is 5.99. The average Bonchev–Trinajstić information content (AvgIpc) is 3.20. The highest BCUT2D eigenvalue weighted by Crippen LogP contribution is 2.31. The molecule has 0 radical (unpaired) electrons. The van der Waals surface area contributed by atoms with Gasteiger partial charge >= 0.3 is 0 Å². The van der Waals surface area contributed by atoms with Gasteiger partial charge in [0.2, 0.25) is 15.9 Å². The smallest absolute Gasteiger partial charge is 0.248 e. The molecular formula is C12H16N2O4S. The Morgan fingerprint density at radius 2 is 1.89 bits per heavy atom. The Labute approximate surface area is 111 Å². The molecule has 2 rings (SSSR count). The van der Waals surface area contributed by atoms with Crippen molar-refractivity contribution < 1.29 is 18.3 Å². The van der Waals surface area contributed by atoms with Crippen molar-refractivity contribution in [1.29, 1.82) is 0 Å². The van der Waals surface area contributed by atoms with E-state index in [1.165, 1.54) is 28.6 Å². The second-order valence-corrected chi connectivity index (χ2v) is 6.35. The number of benzene rings is 1. The van der Waals surface area contributed by atoms with E-state index in [9.17, 15) is 13.2 Å². The lowest BCUT2D eigenvalue weighted by atomic mass is 10.2. The highest BCUT2D eigenvalue weighted by Gasteiger charge is 2.37. The Balaban J connectivity index is 2.29. The van der Waals surface area contributed by atoms with Gasteiger partial charge in [-0.25, -0.2) is 8.42 Å². The fraction of sp³-hybridized carbons (Fsp3) is 0.417. The van der Waals surface area contributed by atoms with Gasteiger partial charge in [-0.15, -0.1) is 0 Å². The summed E-state index contributed by atoms with van der Waals surface area (Å²) in [6.07, 6.45) is 1.64. The van der Waals surface area contributed by atoms with Crippen molar-refractivity contribution in [2.45, 2.75) is 23.8 Å². The summed E-state index contributed by atoms with van der Waals surface area (Å²) in [6.45, 7) is -0.125. The molecule has 1 amide bonds. The van der Waals surface area contributed by atoms with Gasteiger partial charge in [-0.1, -0.05) is 0 Å². The van der Waals surface area contributed by atoms with Crippen molar-refractivity contribution in [3.05, 3.63) is 29.8 Å². The zero-order chi connectivity index (χ0) is 14.0.